The van der Waals surface area contributed by atoms with E-state index in [0.717, 1.165) is 31.4 Å². The predicted octanol–water partition coefficient (Wildman–Crippen LogP) is 5.48. The molecule has 4 rings (SSSR count). The number of alkyl halides is 3. The van der Waals surface area contributed by atoms with Crippen molar-refractivity contribution in [3.63, 3.8) is 0 Å². The molecule has 8 heteroatoms. The molecule has 0 saturated heterocycles. The molecule has 1 unspecified atom stereocenters. The highest BCUT2D eigenvalue weighted by Gasteiger charge is 2.37. The number of thiophene rings is 1. The first-order valence-electron chi connectivity index (χ1n) is 11.1. The molecule has 2 heterocycles. The van der Waals surface area contributed by atoms with Gasteiger partial charge in [0.1, 0.15) is 0 Å². The maximum absolute atomic E-state index is 13.1. The van der Waals surface area contributed by atoms with E-state index in [9.17, 15) is 22.8 Å². The molecule has 1 aliphatic carbocycles. The van der Waals surface area contributed by atoms with Gasteiger partial charge in [-0.05, 0) is 59.9 Å². The van der Waals surface area contributed by atoms with Gasteiger partial charge < -0.3 is 10.2 Å². The van der Waals surface area contributed by atoms with Gasteiger partial charge >= 0.3 is 6.18 Å². The third kappa shape index (κ3) is 5.17. The number of carbonyl (C=O) groups is 2. The largest absolute Gasteiger partial charge is 0.416 e. The average Bonchev–Trinajstić information content (AvgIpc) is 3.47. The van der Waals surface area contributed by atoms with Crippen molar-refractivity contribution in [2.24, 2.45) is 5.92 Å². The lowest BCUT2D eigenvalue weighted by Gasteiger charge is -2.39. The summed E-state index contributed by atoms with van der Waals surface area (Å²) in [6.45, 7) is 0.684. The fourth-order valence-electron chi connectivity index (χ4n) is 4.92. The Morgan fingerprint density at radius 2 is 1.91 bits per heavy atom. The fourth-order valence-corrected chi connectivity index (χ4v) is 5.83. The molecule has 1 saturated carbocycles. The number of nitrogens with one attached hydrogen (secondary N) is 1. The number of benzene rings is 1. The van der Waals surface area contributed by atoms with E-state index in [2.05, 4.69) is 16.8 Å². The zero-order valence-corrected chi connectivity index (χ0v) is 18.6. The highest BCUT2D eigenvalue weighted by molar-refractivity contribution is 7.10. The SMILES string of the molecule is O=C(CCC(=O)N1CCc2sccc2C1C1CCCC1)NCc1cccc(C(F)(F)F)c1. The summed E-state index contributed by atoms with van der Waals surface area (Å²) in [5.74, 6) is 0.122. The van der Waals surface area contributed by atoms with Crippen LogP contribution in [0.25, 0.3) is 0 Å². The molecular weight excluding hydrogens is 437 g/mol. The van der Waals surface area contributed by atoms with Gasteiger partial charge in [0.25, 0.3) is 0 Å². The quantitative estimate of drug-likeness (QED) is 0.616. The Hall–Kier alpha value is -2.35. The lowest BCUT2D eigenvalue weighted by molar-refractivity contribution is -0.138. The molecule has 0 radical (unpaired) electrons. The molecular formula is C24H27F3N2O2S. The molecule has 1 atom stereocenters. The summed E-state index contributed by atoms with van der Waals surface area (Å²) < 4.78 is 38.5. The molecule has 1 aliphatic heterocycles. The van der Waals surface area contributed by atoms with Crippen molar-refractivity contribution in [1.82, 2.24) is 10.2 Å². The molecule has 0 spiro atoms. The van der Waals surface area contributed by atoms with Gasteiger partial charge in [0.15, 0.2) is 0 Å². The molecule has 32 heavy (non-hydrogen) atoms. The summed E-state index contributed by atoms with van der Waals surface area (Å²) in [5, 5.41) is 4.74. The normalized spacial score (nSPS) is 19.1. The van der Waals surface area contributed by atoms with E-state index >= 15 is 0 Å². The highest BCUT2D eigenvalue weighted by Crippen LogP contribution is 2.44. The van der Waals surface area contributed by atoms with Crippen molar-refractivity contribution in [1.29, 1.82) is 0 Å². The summed E-state index contributed by atoms with van der Waals surface area (Å²) in [6, 6.07) is 7.15. The molecule has 172 valence electrons. The number of hydrogen-bond donors (Lipinski definition) is 1. The van der Waals surface area contributed by atoms with Crippen LogP contribution in [0.15, 0.2) is 35.7 Å². The van der Waals surface area contributed by atoms with Crippen LogP contribution >= 0.6 is 11.3 Å². The number of nitrogens with zero attached hydrogens (tertiary/aromatic N) is 1. The van der Waals surface area contributed by atoms with Crippen molar-refractivity contribution < 1.29 is 22.8 Å². The maximum atomic E-state index is 13.1. The second-order valence-electron chi connectivity index (χ2n) is 8.60. The Bertz CT molecular complexity index is 966. The highest BCUT2D eigenvalue weighted by atomic mass is 32.1. The smallest absolute Gasteiger partial charge is 0.352 e. The number of rotatable bonds is 6. The van der Waals surface area contributed by atoms with Crippen molar-refractivity contribution in [2.75, 3.05) is 6.54 Å². The first kappa shape index (κ1) is 22.8. The van der Waals surface area contributed by atoms with Gasteiger partial charge in [-0.3, -0.25) is 9.59 Å². The summed E-state index contributed by atoms with van der Waals surface area (Å²) in [5.41, 5.74) is 0.910. The summed E-state index contributed by atoms with van der Waals surface area (Å²) in [7, 11) is 0. The summed E-state index contributed by atoms with van der Waals surface area (Å²) in [6.07, 6.45) is 1.21. The maximum Gasteiger partial charge on any atom is 0.416 e. The van der Waals surface area contributed by atoms with Gasteiger partial charge in [0.2, 0.25) is 11.8 Å². The number of hydrogen-bond acceptors (Lipinski definition) is 3. The zero-order valence-electron chi connectivity index (χ0n) is 17.8. The predicted molar refractivity (Wildman–Crippen MR) is 117 cm³/mol. The standard InChI is InChI=1S/C24H27F3N2O2S/c25-24(26,27)18-7-3-4-16(14-18)15-28-21(30)8-9-22(31)29-12-10-20-19(11-13-32-20)23(29)17-5-1-2-6-17/h3-4,7,11,13-14,17,23H,1-2,5-6,8-10,12,15H2,(H,28,30). The number of halogens is 3. The third-order valence-corrected chi connectivity index (χ3v) is 7.49. The molecule has 1 N–H and O–H groups in total. The first-order valence-corrected chi connectivity index (χ1v) is 12.0. The van der Waals surface area contributed by atoms with E-state index in [-0.39, 0.29) is 37.2 Å². The van der Waals surface area contributed by atoms with Crippen molar-refractivity contribution >= 4 is 23.2 Å². The summed E-state index contributed by atoms with van der Waals surface area (Å²) in [4.78, 5) is 28.7. The minimum absolute atomic E-state index is 0.00359. The molecule has 1 fully saturated rings. The van der Waals surface area contributed by atoms with E-state index < -0.39 is 11.7 Å². The van der Waals surface area contributed by atoms with Gasteiger partial charge in [-0.25, -0.2) is 0 Å². The number of amides is 2. The topological polar surface area (TPSA) is 49.4 Å². The van der Waals surface area contributed by atoms with Crippen LogP contribution in [-0.2, 0) is 28.7 Å². The van der Waals surface area contributed by atoms with Gasteiger partial charge in [-0.1, -0.05) is 25.0 Å². The Balaban J connectivity index is 1.32. The zero-order chi connectivity index (χ0) is 22.7. The van der Waals surface area contributed by atoms with Gasteiger partial charge in [0, 0.05) is 30.8 Å². The van der Waals surface area contributed by atoms with Crippen LogP contribution in [0.1, 0.15) is 66.1 Å². The van der Waals surface area contributed by atoms with Crippen LogP contribution in [0, 0.1) is 5.92 Å². The minimum Gasteiger partial charge on any atom is -0.352 e. The van der Waals surface area contributed by atoms with Crippen LogP contribution in [0.5, 0.6) is 0 Å². The molecule has 1 aromatic carbocycles. The van der Waals surface area contributed by atoms with Gasteiger partial charge in [-0.15, -0.1) is 11.3 Å². The average molecular weight is 465 g/mol. The third-order valence-electron chi connectivity index (χ3n) is 6.49. The fraction of sp³-hybridized carbons (Fsp3) is 0.500. The van der Waals surface area contributed by atoms with E-state index in [1.165, 1.54) is 29.3 Å². The molecule has 4 nitrogen and oxygen atoms in total. The second kappa shape index (κ2) is 9.65. The summed E-state index contributed by atoms with van der Waals surface area (Å²) >= 11 is 1.75. The molecule has 2 aliphatic rings. The molecule has 2 aromatic rings. The van der Waals surface area contributed by atoms with Crippen molar-refractivity contribution in [3.05, 3.63) is 57.3 Å². The van der Waals surface area contributed by atoms with Gasteiger partial charge in [-0.2, -0.15) is 13.2 Å². The van der Waals surface area contributed by atoms with Crippen molar-refractivity contribution in [3.8, 4) is 0 Å². The number of fused-ring (bicyclic) bond motifs is 1. The lowest BCUT2D eigenvalue weighted by Crippen LogP contribution is -2.42. The van der Waals surface area contributed by atoms with E-state index in [0.29, 0.717) is 18.0 Å². The van der Waals surface area contributed by atoms with E-state index in [1.54, 1.807) is 17.4 Å². The van der Waals surface area contributed by atoms with Crippen molar-refractivity contribution in [2.45, 2.75) is 63.7 Å². The molecule has 1 aromatic heterocycles. The second-order valence-corrected chi connectivity index (χ2v) is 9.60. The van der Waals surface area contributed by atoms with Crippen LogP contribution in [0.3, 0.4) is 0 Å². The molecule has 2 amide bonds. The first-order chi connectivity index (χ1) is 15.3. The minimum atomic E-state index is -4.42. The van der Waals surface area contributed by atoms with Crippen LogP contribution in [0.4, 0.5) is 13.2 Å². The lowest BCUT2D eigenvalue weighted by atomic mass is 9.87. The number of carbonyl (C=O) groups excluding carboxylic acids is 2. The Kier molecular flexibility index (Phi) is 6.88. The Morgan fingerprint density at radius 1 is 1.12 bits per heavy atom. The van der Waals surface area contributed by atoms with E-state index in [1.807, 2.05) is 4.90 Å². The monoisotopic (exact) mass is 464 g/mol. The molecule has 0 bridgehead atoms. The Labute approximate surface area is 189 Å². The van der Waals surface area contributed by atoms with Crippen LogP contribution < -0.4 is 5.32 Å². The van der Waals surface area contributed by atoms with Crippen LogP contribution in [0.2, 0.25) is 0 Å². The van der Waals surface area contributed by atoms with Gasteiger partial charge in [0.05, 0.1) is 11.6 Å². The van der Waals surface area contributed by atoms with E-state index in [4.69, 9.17) is 0 Å². The van der Waals surface area contributed by atoms with Crippen LogP contribution in [-0.4, -0.2) is 23.3 Å². The Morgan fingerprint density at radius 3 is 2.66 bits per heavy atom.